The molecule has 0 aliphatic heterocycles. The summed E-state index contributed by atoms with van der Waals surface area (Å²) in [4.78, 5) is 20.5. The van der Waals surface area contributed by atoms with Crippen molar-refractivity contribution in [2.75, 3.05) is 0 Å². The first-order chi connectivity index (χ1) is 35.1. The van der Waals surface area contributed by atoms with Gasteiger partial charge in [0.15, 0.2) is 23.1 Å². The van der Waals surface area contributed by atoms with Crippen LogP contribution in [0.3, 0.4) is 0 Å². The Labute approximate surface area is 407 Å². The van der Waals surface area contributed by atoms with Crippen LogP contribution in [0.1, 0.15) is 0 Å². The van der Waals surface area contributed by atoms with Crippen LogP contribution < -0.4 is 0 Å². The van der Waals surface area contributed by atoms with Crippen LogP contribution in [0.15, 0.2) is 245 Å². The summed E-state index contributed by atoms with van der Waals surface area (Å²) >= 11 is 0. The van der Waals surface area contributed by atoms with Crippen LogP contribution in [0, 0.1) is 0 Å². The van der Waals surface area contributed by atoms with Gasteiger partial charge in [-0.15, -0.1) is 0 Å². The van der Waals surface area contributed by atoms with E-state index in [1.54, 1.807) is 0 Å². The van der Waals surface area contributed by atoms with Gasteiger partial charge in [0.2, 0.25) is 5.89 Å². The number of hydrogen-bond donors (Lipinski definition) is 0. The lowest BCUT2D eigenvalue weighted by molar-refractivity contribution is 0.620. The van der Waals surface area contributed by atoms with Crippen molar-refractivity contribution in [2.24, 2.45) is 0 Å². The molecule has 0 fully saturated rings. The highest BCUT2D eigenvalue weighted by atomic mass is 16.3. The third kappa shape index (κ3) is 7.06. The maximum absolute atomic E-state index is 6.33. The van der Waals surface area contributed by atoms with E-state index in [9.17, 15) is 0 Å². The topological polar surface area (TPSA) is 82.8 Å². The molecule has 0 unspecified atom stereocenters. The van der Waals surface area contributed by atoms with Gasteiger partial charge in [-0.05, 0) is 112 Å². The minimum atomic E-state index is 0.577. The lowest BCUT2D eigenvalue weighted by Gasteiger charge is -2.11. The summed E-state index contributed by atoms with van der Waals surface area (Å²) in [5.74, 6) is 2.38. The number of nitrogens with zero attached hydrogens (tertiary/aromatic N) is 5. The Hall–Kier alpha value is -9.72. The Bertz CT molecular complexity index is 4330. The van der Waals surface area contributed by atoms with E-state index in [4.69, 9.17) is 28.8 Å². The zero-order chi connectivity index (χ0) is 46.8. The second-order valence-electron chi connectivity index (χ2n) is 17.8. The summed E-state index contributed by atoms with van der Waals surface area (Å²) < 4.78 is 14.7. The monoisotopic (exact) mass is 909 g/mol. The van der Waals surface area contributed by atoms with Crippen LogP contribution in [0.2, 0.25) is 0 Å². The van der Waals surface area contributed by atoms with Gasteiger partial charge in [-0.25, -0.2) is 19.9 Å². The van der Waals surface area contributed by atoms with Crippen LogP contribution >= 0.6 is 0 Å². The molecule has 0 saturated heterocycles. The normalized spacial score (nSPS) is 11.7. The highest BCUT2D eigenvalue weighted by Crippen LogP contribution is 2.39. The molecule has 0 N–H and O–H groups in total. The summed E-state index contributed by atoms with van der Waals surface area (Å²) in [7, 11) is 0. The molecular formula is C64H39N5O2. The minimum Gasteiger partial charge on any atom is -0.456 e. The summed E-state index contributed by atoms with van der Waals surface area (Å²) in [5, 5.41) is 4.28. The van der Waals surface area contributed by atoms with E-state index in [0.717, 1.165) is 116 Å². The molecular weight excluding hydrogens is 871 g/mol. The fraction of sp³-hybridized carbons (Fsp3) is 0. The molecule has 0 aliphatic carbocycles. The number of benzene rings is 10. The van der Waals surface area contributed by atoms with Gasteiger partial charge in [-0.1, -0.05) is 158 Å². The average molecular weight is 910 g/mol. The third-order valence-corrected chi connectivity index (χ3v) is 13.5. The number of oxazole rings is 1. The van der Waals surface area contributed by atoms with E-state index < -0.39 is 0 Å². The molecule has 0 aliphatic rings. The van der Waals surface area contributed by atoms with Gasteiger partial charge in [-0.3, -0.25) is 0 Å². The van der Waals surface area contributed by atoms with Gasteiger partial charge >= 0.3 is 0 Å². The van der Waals surface area contributed by atoms with Crippen molar-refractivity contribution in [3.8, 4) is 84.7 Å². The quantitative estimate of drug-likeness (QED) is 0.151. The molecule has 0 bridgehead atoms. The molecule has 4 aromatic heterocycles. The van der Waals surface area contributed by atoms with Crippen LogP contribution in [0.5, 0.6) is 0 Å². The first-order valence-corrected chi connectivity index (χ1v) is 23.7. The molecule has 0 atom stereocenters. The van der Waals surface area contributed by atoms with E-state index in [1.807, 2.05) is 66.7 Å². The van der Waals surface area contributed by atoms with Gasteiger partial charge in [0.25, 0.3) is 0 Å². The zero-order valence-electron chi connectivity index (χ0n) is 38.1. The van der Waals surface area contributed by atoms with Crippen LogP contribution in [-0.4, -0.2) is 24.5 Å². The SMILES string of the molecule is c1ccc(-c2nc3cc(-c4cccc(-c5ccc(-c6ccc(-c7nc(-c8ccc9c(c8)c8ccccc8n9-c8ccccc8)nc(-c8cccc9oc%10ccccc%10c89)n7)cc6)cc5)c4)ccc3o2)cc1. The number of furan rings is 1. The van der Waals surface area contributed by atoms with Crippen molar-refractivity contribution in [1.82, 2.24) is 24.5 Å². The number of aromatic nitrogens is 5. The van der Waals surface area contributed by atoms with Crippen molar-refractivity contribution < 1.29 is 8.83 Å². The molecule has 7 nitrogen and oxygen atoms in total. The molecule has 14 rings (SSSR count). The van der Waals surface area contributed by atoms with E-state index in [-0.39, 0.29) is 0 Å². The van der Waals surface area contributed by atoms with Crippen molar-refractivity contribution in [2.45, 2.75) is 0 Å². The Kier molecular flexibility index (Phi) is 9.38. The van der Waals surface area contributed by atoms with Crippen molar-refractivity contribution in [1.29, 1.82) is 0 Å². The second-order valence-corrected chi connectivity index (χ2v) is 17.8. The maximum atomic E-state index is 6.33. The average Bonchev–Trinajstić information content (AvgIpc) is 4.15. The summed E-state index contributed by atoms with van der Waals surface area (Å²) in [6.07, 6.45) is 0. The van der Waals surface area contributed by atoms with Crippen molar-refractivity contribution in [3.63, 3.8) is 0 Å². The first kappa shape index (κ1) is 40.4. The molecule has 4 heterocycles. The van der Waals surface area contributed by atoms with Crippen LogP contribution in [0.4, 0.5) is 0 Å². The van der Waals surface area contributed by atoms with Crippen molar-refractivity contribution >= 4 is 54.8 Å². The molecule has 0 amide bonds. The molecule has 0 spiro atoms. The Morgan fingerprint density at radius 2 is 0.845 bits per heavy atom. The predicted molar refractivity (Wildman–Crippen MR) is 287 cm³/mol. The summed E-state index contributed by atoms with van der Waals surface area (Å²) in [5.41, 5.74) is 16.9. The zero-order valence-corrected chi connectivity index (χ0v) is 38.1. The molecule has 0 saturated carbocycles. The molecule has 71 heavy (non-hydrogen) atoms. The lowest BCUT2D eigenvalue weighted by Crippen LogP contribution is -2.00. The largest absolute Gasteiger partial charge is 0.456 e. The molecule has 332 valence electrons. The summed E-state index contributed by atoms with van der Waals surface area (Å²) in [6.45, 7) is 0. The highest BCUT2D eigenvalue weighted by Gasteiger charge is 2.20. The van der Waals surface area contributed by atoms with Crippen LogP contribution in [0.25, 0.3) is 140 Å². The molecule has 0 radical (unpaired) electrons. The Morgan fingerprint density at radius 3 is 1.63 bits per heavy atom. The lowest BCUT2D eigenvalue weighted by atomic mass is 9.97. The van der Waals surface area contributed by atoms with Gasteiger partial charge in [0.05, 0.1) is 11.0 Å². The number of fused-ring (bicyclic) bond motifs is 7. The smallest absolute Gasteiger partial charge is 0.227 e. The third-order valence-electron chi connectivity index (χ3n) is 13.5. The van der Waals surface area contributed by atoms with E-state index in [1.165, 1.54) is 0 Å². The number of hydrogen-bond acceptors (Lipinski definition) is 6. The molecule has 7 heteroatoms. The Morgan fingerprint density at radius 1 is 0.296 bits per heavy atom. The minimum absolute atomic E-state index is 0.577. The first-order valence-electron chi connectivity index (χ1n) is 23.7. The van der Waals surface area contributed by atoms with E-state index in [0.29, 0.717) is 23.4 Å². The van der Waals surface area contributed by atoms with Gasteiger partial charge in [0.1, 0.15) is 16.7 Å². The number of para-hydroxylation sites is 3. The van der Waals surface area contributed by atoms with Crippen LogP contribution in [-0.2, 0) is 0 Å². The van der Waals surface area contributed by atoms with E-state index >= 15 is 0 Å². The summed E-state index contributed by atoms with van der Waals surface area (Å²) in [6, 6.07) is 81.9. The predicted octanol–water partition coefficient (Wildman–Crippen LogP) is 16.7. The van der Waals surface area contributed by atoms with Gasteiger partial charge < -0.3 is 13.4 Å². The molecule has 10 aromatic carbocycles. The molecule has 14 aromatic rings. The van der Waals surface area contributed by atoms with Gasteiger partial charge in [-0.2, -0.15) is 0 Å². The van der Waals surface area contributed by atoms with Gasteiger partial charge in [0, 0.05) is 49.5 Å². The maximum Gasteiger partial charge on any atom is 0.227 e. The highest BCUT2D eigenvalue weighted by molar-refractivity contribution is 6.12. The Balaban J connectivity index is 0.812. The van der Waals surface area contributed by atoms with E-state index in [2.05, 4.69) is 174 Å². The number of rotatable bonds is 8. The standard InChI is InChI=1S/C64H39N5O2/c1-3-13-44(14-4-1)64-65-54-39-47(34-36-58(54)71-64)46-16-11-15-45(37-46)42-27-25-40(26-28-42)41-29-31-43(32-30-41)61-66-62(68-63(67-61)52-21-12-24-59-60(52)51-20-8-10-23-57(51)70-59)48-33-35-56-53(38-48)50-19-7-9-22-55(50)69(56)49-17-5-2-6-18-49/h1-39H. The fourth-order valence-electron chi connectivity index (χ4n) is 10.0. The second kappa shape index (κ2) is 16.5. The fourth-order valence-corrected chi connectivity index (χ4v) is 10.0. The van der Waals surface area contributed by atoms with Crippen molar-refractivity contribution in [3.05, 3.63) is 237 Å².